The van der Waals surface area contributed by atoms with Gasteiger partial charge in [0.25, 0.3) is 0 Å². The smallest absolute Gasteiger partial charge is 0.320 e. The first-order valence-corrected chi connectivity index (χ1v) is 10.1. The Kier molecular flexibility index (Phi) is 31.7. The first kappa shape index (κ1) is 36.9. The van der Waals surface area contributed by atoms with Crippen molar-refractivity contribution in [2.24, 2.45) is 34.4 Å². The molecule has 0 aliphatic carbocycles. The number of hydrogen-bond donors (Lipinski definition) is 9. The Morgan fingerprint density at radius 2 is 0.710 bits per heavy atom. The summed E-state index contributed by atoms with van der Waals surface area (Å²) in [5.41, 5.74) is 31.3. The van der Waals surface area contributed by atoms with Gasteiger partial charge in [-0.25, -0.2) is 0 Å². The predicted octanol–water partition coefficient (Wildman–Crippen LogP) is -1.36. The van der Waals surface area contributed by atoms with Crippen LogP contribution in [-0.2, 0) is 14.4 Å². The number of carbonyl (C=O) groups is 3. The van der Waals surface area contributed by atoms with E-state index in [0.29, 0.717) is 38.9 Å². The lowest BCUT2D eigenvalue weighted by molar-refractivity contribution is -0.139. The van der Waals surface area contributed by atoms with E-state index in [1.54, 1.807) is 0 Å². The summed E-state index contributed by atoms with van der Waals surface area (Å²) >= 11 is 0. The summed E-state index contributed by atoms with van der Waals surface area (Å²) in [6.07, 6.45) is 6.49. The van der Waals surface area contributed by atoms with Gasteiger partial charge in [-0.15, -0.1) is 0 Å². The van der Waals surface area contributed by atoms with Crippen molar-refractivity contribution in [2.45, 2.75) is 75.9 Å². The molecular formula is C18H45N6O6P. The zero-order valence-electron chi connectivity index (χ0n) is 18.5. The molecule has 0 saturated carbocycles. The Hall–Kier alpha value is -1.40. The average molecular weight is 473 g/mol. The molecule has 188 valence electrons. The Morgan fingerprint density at radius 1 is 0.516 bits per heavy atom. The van der Waals surface area contributed by atoms with Crippen molar-refractivity contribution < 1.29 is 29.7 Å². The molecule has 4 atom stereocenters. The van der Waals surface area contributed by atoms with Gasteiger partial charge in [0.2, 0.25) is 0 Å². The Labute approximate surface area is 188 Å². The molecule has 0 aliphatic rings. The number of carboxylic acid groups (broad SMARTS) is 3. The molecule has 0 aromatic carbocycles. The second-order valence-corrected chi connectivity index (χ2v) is 6.69. The molecule has 0 heterocycles. The minimum absolute atomic E-state index is 0. The van der Waals surface area contributed by atoms with Gasteiger partial charge in [-0.05, 0) is 58.2 Å². The van der Waals surface area contributed by atoms with Crippen LogP contribution in [0.15, 0.2) is 0 Å². The van der Waals surface area contributed by atoms with Gasteiger partial charge >= 0.3 is 17.9 Å². The number of hydrogen-bond acceptors (Lipinski definition) is 9. The molecule has 12 nitrogen and oxygen atoms in total. The van der Waals surface area contributed by atoms with E-state index in [-0.39, 0.29) is 9.90 Å². The highest BCUT2D eigenvalue weighted by Gasteiger charge is 2.10. The van der Waals surface area contributed by atoms with Crippen LogP contribution in [0.4, 0.5) is 0 Å². The van der Waals surface area contributed by atoms with E-state index in [1.165, 1.54) is 0 Å². The first-order chi connectivity index (χ1) is 14.0. The lowest BCUT2D eigenvalue weighted by Crippen LogP contribution is -2.29. The summed E-state index contributed by atoms with van der Waals surface area (Å²) < 4.78 is 0. The van der Waals surface area contributed by atoms with E-state index in [4.69, 9.17) is 49.7 Å². The Balaban J connectivity index is -0.000000174. The van der Waals surface area contributed by atoms with Gasteiger partial charge in [-0.3, -0.25) is 14.4 Å². The lowest BCUT2D eigenvalue weighted by Gasteiger charge is -2.03. The molecule has 0 radical (unpaired) electrons. The van der Waals surface area contributed by atoms with E-state index in [9.17, 15) is 14.4 Å². The molecule has 1 unspecified atom stereocenters. The summed E-state index contributed by atoms with van der Waals surface area (Å²) in [5, 5.41) is 25.0. The van der Waals surface area contributed by atoms with Crippen LogP contribution in [0.3, 0.4) is 0 Å². The van der Waals surface area contributed by atoms with Crippen molar-refractivity contribution in [1.82, 2.24) is 0 Å². The monoisotopic (exact) mass is 472 g/mol. The number of unbranched alkanes of at least 4 members (excludes halogenated alkanes) is 3. The number of nitrogens with two attached hydrogens (primary N) is 6. The molecule has 0 bridgehead atoms. The van der Waals surface area contributed by atoms with Crippen molar-refractivity contribution in [3.63, 3.8) is 0 Å². The number of carboxylic acids is 3. The maximum absolute atomic E-state index is 10.1. The van der Waals surface area contributed by atoms with Crippen LogP contribution in [0.5, 0.6) is 0 Å². The highest BCUT2D eigenvalue weighted by molar-refractivity contribution is 6.92. The third kappa shape index (κ3) is 30.9. The van der Waals surface area contributed by atoms with Crippen LogP contribution in [0.1, 0.15) is 57.8 Å². The fourth-order valence-corrected chi connectivity index (χ4v) is 1.90. The van der Waals surface area contributed by atoms with E-state index in [2.05, 4.69) is 0 Å². The Morgan fingerprint density at radius 3 is 0.839 bits per heavy atom. The third-order valence-electron chi connectivity index (χ3n) is 3.86. The minimum Gasteiger partial charge on any atom is -0.480 e. The maximum atomic E-state index is 10.1. The molecule has 0 saturated heterocycles. The summed E-state index contributed by atoms with van der Waals surface area (Å²) in [7, 11) is 0. The number of rotatable bonds is 15. The van der Waals surface area contributed by atoms with Gasteiger partial charge in [0.05, 0.1) is 0 Å². The number of aliphatic carboxylic acids is 3. The zero-order valence-corrected chi connectivity index (χ0v) is 19.9. The van der Waals surface area contributed by atoms with Gasteiger partial charge in [0.15, 0.2) is 0 Å². The molecule has 13 heteroatoms. The third-order valence-corrected chi connectivity index (χ3v) is 3.86. The summed E-state index contributed by atoms with van der Waals surface area (Å²) in [4.78, 5) is 30.4. The fourth-order valence-electron chi connectivity index (χ4n) is 1.90. The largest absolute Gasteiger partial charge is 0.480 e. The fraction of sp³-hybridized carbons (Fsp3) is 0.833. The summed E-state index contributed by atoms with van der Waals surface area (Å²) in [6, 6.07) is -2.15. The van der Waals surface area contributed by atoms with Crippen LogP contribution in [0.25, 0.3) is 0 Å². The van der Waals surface area contributed by atoms with Gasteiger partial charge in [-0.2, -0.15) is 9.90 Å². The predicted molar refractivity (Wildman–Crippen MR) is 127 cm³/mol. The van der Waals surface area contributed by atoms with Crippen molar-refractivity contribution in [3.8, 4) is 0 Å². The first-order valence-electron chi connectivity index (χ1n) is 10.1. The van der Waals surface area contributed by atoms with Crippen molar-refractivity contribution >= 4 is 27.8 Å². The molecule has 0 fully saturated rings. The molecule has 0 spiro atoms. The van der Waals surface area contributed by atoms with Crippen LogP contribution < -0.4 is 34.4 Å². The van der Waals surface area contributed by atoms with Crippen LogP contribution in [0.2, 0.25) is 0 Å². The Bertz CT molecular complexity index is 386. The summed E-state index contributed by atoms with van der Waals surface area (Å²) in [5.74, 6) is -2.80. The minimum atomic E-state index is -0.933. The van der Waals surface area contributed by atoms with Crippen molar-refractivity contribution in [3.05, 3.63) is 0 Å². The quantitative estimate of drug-likeness (QED) is 0.0987. The van der Waals surface area contributed by atoms with Crippen LogP contribution in [-0.4, -0.2) is 71.0 Å². The molecule has 0 aromatic rings. The van der Waals surface area contributed by atoms with Crippen molar-refractivity contribution in [1.29, 1.82) is 0 Å². The molecular weight excluding hydrogens is 427 g/mol. The zero-order chi connectivity index (χ0) is 23.9. The van der Waals surface area contributed by atoms with Gasteiger partial charge in [0.1, 0.15) is 18.1 Å². The SMILES string of the molecule is NCCCC[C@H](N)C(=O)O.NCCCC[C@H](N)C(=O)O.NCCCC[C@H](N)C(=O)O.P. The standard InChI is InChI=1S/3C6H14N2O2.H3P/c3*7-4-2-1-3-5(8)6(9)10;/h3*5H,1-4,7-8H2,(H,9,10);1H3/t3*5-;/m000./s1. The van der Waals surface area contributed by atoms with Gasteiger partial charge < -0.3 is 49.7 Å². The van der Waals surface area contributed by atoms with Crippen LogP contribution >= 0.6 is 9.90 Å². The molecule has 0 rings (SSSR count). The van der Waals surface area contributed by atoms with Gasteiger partial charge in [0, 0.05) is 0 Å². The van der Waals surface area contributed by atoms with Crippen molar-refractivity contribution in [2.75, 3.05) is 19.6 Å². The highest BCUT2D eigenvalue weighted by atomic mass is 31.0. The molecule has 0 amide bonds. The second-order valence-electron chi connectivity index (χ2n) is 6.69. The summed E-state index contributed by atoms with van der Waals surface area (Å²) in [6.45, 7) is 1.81. The lowest BCUT2D eigenvalue weighted by atomic mass is 10.1. The highest BCUT2D eigenvalue weighted by Crippen LogP contribution is 1.98. The molecule has 0 aliphatic heterocycles. The van der Waals surface area contributed by atoms with E-state index >= 15 is 0 Å². The van der Waals surface area contributed by atoms with E-state index < -0.39 is 36.0 Å². The van der Waals surface area contributed by atoms with E-state index in [0.717, 1.165) is 38.5 Å². The maximum Gasteiger partial charge on any atom is 0.320 e. The molecule has 0 aromatic heterocycles. The second kappa shape index (κ2) is 26.6. The molecule has 31 heavy (non-hydrogen) atoms. The molecule has 15 N–H and O–H groups in total. The van der Waals surface area contributed by atoms with Crippen LogP contribution in [0, 0.1) is 0 Å². The van der Waals surface area contributed by atoms with Gasteiger partial charge in [-0.1, -0.05) is 19.3 Å². The normalized spacial score (nSPS) is 12.6. The average Bonchev–Trinajstić information content (AvgIpc) is 2.69. The topological polar surface area (TPSA) is 268 Å². The van der Waals surface area contributed by atoms with E-state index in [1.807, 2.05) is 0 Å².